The number of nitrogens with zero attached hydrogens (tertiary/aromatic N) is 1. The predicted molar refractivity (Wildman–Crippen MR) is 44.6 cm³/mol. The molecule has 0 heterocycles. The first-order valence-corrected chi connectivity index (χ1v) is 4.17. The minimum atomic E-state index is -0.197. The predicted octanol–water partition coefficient (Wildman–Crippen LogP) is 1.87. The third-order valence-corrected chi connectivity index (χ3v) is 1.45. The number of ether oxygens (including phenoxy) is 1. The summed E-state index contributed by atoms with van der Waals surface area (Å²) in [6.07, 6.45) is 0.685. The molecule has 0 unspecified atom stereocenters. The van der Waals surface area contributed by atoms with Crippen molar-refractivity contribution in [2.45, 2.75) is 27.2 Å². The highest BCUT2D eigenvalue weighted by Gasteiger charge is 2.08. The van der Waals surface area contributed by atoms with Crippen molar-refractivity contribution in [2.24, 2.45) is 0 Å². The molecule has 0 rings (SSSR count). The summed E-state index contributed by atoms with van der Waals surface area (Å²) in [5.41, 5.74) is 0. The summed E-state index contributed by atoms with van der Waals surface area (Å²) in [4.78, 5) is 12.7. The number of rotatable bonds is 4. The van der Waals surface area contributed by atoms with Crippen LogP contribution in [0.5, 0.6) is 0 Å². The van der Waals surface area contributed by atoms with E-state index in [4.69, 9.17) is 4.74 Å². The molecule has 0 spiro atoms. The van der Waals surface area contributed by atoms with Crippen LogP contribution < -0.4 is 0 Å². The SMILES string of the molecule is CCCOC(=O)N(CC)CC. The summed E-state index contributed by atoms with van der Waals surface area (Å²) < 4.78 is 4.92. The minimum absolute atomic E-state index is 0.197. The second-order valence-electron chi connectivity index (χ2n) is 2.29. The number of carbonyl (C=O) groups excluding carboxylic acids is 1. The maximum absolute atomic E-state index is 11.1. The number of hydrogen-bond donors (Lipinski definition) is 0. The molecule has 0 aliphatic heterocycles. The van der Waals surface area contributed by atoms with E-state index in [-0.39, 0.29) is 6.09 Å². The van der Waals surface area contributed by atoms with Crippen LogP contribution in [-0.2, 0) is 4.74 Å². The van der Waals surface area contributed by atoms with Crippen LogP contribution in [-0.4, -0.2) is 30.7 Å². The van der Waals surface area contributed by atoms with Crippen LogP contribution >= 0.6 is 0 Å². The second-order valence-corrected chi connectivity index (χ2v) is 2.29. The summed E-state index contributed by atoms with van der Waals surface area (Å²) in [6, 6.07) is 0. The number of amides is 1. The maximum atomic E-state index is 11.1. The summed E-state index contributed by atoms with van der Waals surface area (Å²) in [5.74, 6) is 0. The Bertz CT molecular complexity index is 111. The van der Waals surface area contributed by atoms with Crippen molar-refractivity contribution < 1.29 is 9.53 Å². The lowest BCUT2D eigenvalue weighted by Crippen LogP contribution is -2.31. The molecular formula is C8H17NO2. The standard InChI is InChI=1S/C8H17NO2/c1-4-7-11-8(10)9(5-2)6-3/h4-7H2,1-3H3. The third kappa shape index (κ3) is 3.86. The van der Waals surface area contributed by atoms with Crippen molar-refractivity contribution in [2.75, 3.05) is 19.7 Å². The van der Waals surface area contributed by atoms with Crippen LogP contribution in [0.3, 0.4) is 0 Å². The molecule has 66 valence electrons. The van der Waals surface area contributed by atoms with Crippen LogP contribution in [0, 0.1) is 0 Å². The molecule has 0 aromatic rings. The van der Waals surface area contributed by atoms with Gasteiger partial charge < -0.3 is 9.64 Å². The van der Waals surface area contributed by atoms with Crippen molar-refractivity contribution >= 4 is 6.09 Å². The first-order chi connectivity index (χ1) is 5.26. The highest BCUT2D eigenvalue weighted by molar-refractivity contribution is 5.67. The second kappa shape index (κ2) is 6.01. The zero-order valence-electron chi connectivity index (χ0n) is 7.59. The molecule has 3 heteroatoms. The average molecular weight is 159 g/mol. The van der Waals surface area contributed by atoms with Crippen LogP contribution in [0.4, 0.5) is 4.79 Å². The minimum Gasteiger partial charge on any atom is -0.449 e. The number of carbonyl (C=O) groups is 1. The lowest BCUT2D eigenvalue weighted by atomic mass is 10.5. The van der Waals surface area contributed by atoms with E-state index in [9.17, 15) is 4.79 Å². The van der Waals surface area contributed by atoms with Gasteiger partial charge in [-0.3, -0.25) is 0 Å². The van der Waals surface area contributed by atoms with Crippen molar-refractivity contribution in [1.82, 2.24) is 4.90 Å². The monoisotopic (exact) mass is 159 g/mol. The van der Waals surface area contributed by atoms with Gasteiger partial charge in [0.25, 0.3) is 0 Å². The lowest BCUT2D eigenvalue weighted by Gasteiger charge is -2.17. The van der Waals surface area contributed by atoms with E-state index in [0.29, 0.717) is 6.61 Å². The molecule has 3 nitrogen and oxygen atoms in total. The maximum Gasteiger partial charge on any atom is 0.409 e. The fourth-order valence-electron chi connectivity index (χ4n) is 0.762. The zero-order chi connectivity index (χ0) is 8.69. The van der Waals surface area contributed by atoms with Crippen molar-refractivity contribution in [1.29, 1.82) is 0 Å². The Morgan fingerprint density at radius 3 is 2.18 bits per heavy atom. The molecule has 0 aliphatic carbocycles. The highest BCUT2D eigenvalue weighted by atomic mass is 16.6. The van der Waals surface area contributed by atoms with Gasteiger partial charge in [0.2, 0.25) is 0 Å². The molecule has 1 amide bonds. The van der Waals surface area contributed by atoms with Crippen molar-refractivity contribution in [3.8, 4) is 0 Å². The van der Waals surface area contributed by atoms with E-state index in [0.717, 1.165) is 19.5 Å². The molecule has 0 aliphatic rings. The van der Waals surface area contributed by atoms with Crippen molar-refractivity contribution in [3.05, 3.63) is 0 Å². The Kier molecular flexibility index (Phi) is 5.61. The molecule has 0 radical (unpaired) electrons. The van der Waals surface area contributed by atoms with Gasteiger partial charge in [-0.05, 0) is 20.3 Å². The summed E-state index contributed by atoms with van der Waals surface area (Å²) >= 11 is 0. The van der Waals surface area contributed by atoms with E-state index < -0.39 is 0 Å². The Morgan fingerprint density at radius 2 is 1.82 bits per heavy atom. The van der Waals surface area contributed by atoms with E-state index in [1.54, 1.807) is 4.90 Å². The Balaban J connectivity index is 3.61. The smallest absolute Gasteiger partial charge is 0.409 e. The molecule has 0 aromatic heterocycles. The van der Waals surface area contributed by atoms with Crippen LogP contribution in [0.25, 0.3) is 0 Å². The largest absolute Gasteiger partial charge is 0.449 e. The lowest BCUT2D eigenvalue weighted by molar-refractivity contribution is 0.106. The quantitative estimate of drug-likeness (QED) is 0.626. The van der Waals surface area contributed by atoms with Gasteiger partial charge in [0.15, 0.2) is 0 Å². The Labute approximate surface area is 68.3 Å². The van der Waals surface area contributed by atoms with E-state index in [1.807, 2.05) is 20.8 Å². The fourth-order valence-corrected chi connectivity index (χ4v) is 0.762. The van der Waals surface area contributed by atoms with Gasteiger partial charge >= 0.3 is 6.09 Å². The van der Waals surface area contributed by atoms with Gasteiger partial charge in [-0.2, -0.15) is 0 Å². The zero-order valence-corrected chi connectivity index (χ0v) is 7.59. The average Bonchev–Trinajstić information content (AvgIpc) is 2.03. The van der Waals surface area contributed by atoms with Crippen molar-refractivity contribution in [3.63, 3.8) is 0 Å². The normalized spacial score (nSPS) is 9.36. The molecule has 0 fully saturated rings. The molecule has 0 saturated carbocycles. The first-order valence-electron chi connectivity index (χ1n) is 4.17. The Hall–Kier alpha value is -0.730. The van der Waals surface area contributed by atoms with E-state index in [1.165, 1.54) is 0 Å². The molecule has 0 atom stereocenters. The number of hydrogen-bond acceptors (Lipinski definition) is 2. The van der Waals surface area contributed by atoms with Gasteiger partial charge in [-0.1, -0.05) is 6.92 Å². The van der Waals surface area contributed by atoms with Crippen LogP contribution in [0.1, 0.15) is 27.2 Å². The van der Waals surface area contributed by atoms with Gasteiger partial charge in [-0.25, -0.2) is 4.79 Å². The molecule has 0 aromatic carbocycles. The molecule has 11 heavy (non-hydrogen) atoms. The first kappa shape index (κ1) is 10.3. The van der Waals surface area contributed by atoms with Gasteiger partial charge in [-0.15, -0.1) is 0 Å². The molecular weight excluding hydrogens is 142 g/mol. The third-order valence-electron chi connectivity index (χ3n) is 1.45. The molecule has 0 N–H and O–H groups in total. The Morgan fingerprint density at radius 1 is 1.27 bits per heavy atom. The van der Waals surface area contributed by atoms with Crippen LogP contribution in [0.2, 0.25) is 0 Å². The van der Waals surface area contributed by atoms with Gasteiger partial charge in [0, 0.05) is 13.1 Å². The van der Waals surface area contributed by atoms with E-state index in [2.05, 4.69) is 0 Å². The topological polar surface area (TPSA) is 29.5 Å². The highest BCUT2D eigenvalue weighted by Crippen LogP contribution is 1.93. The summed E-state index contributed by atoms with van der Waals surface area (Å²) in [5, 5.41) is 0. The van der Waals surface area contributed by atoms with E-state index >= 15 is 0 Å². The molecule has 0 saturated heterocycles. The summed E-state index contributed by atoms with van der Waals surface area (Å²) in [7, 11) is 0. The van der Waals surface area contributed by atoms with Gasteiger partial charge in [0.05, 0.1) is 6.61 Å². The van der Waals surface area contributed by atoms with Gasteiger partial charge in [0.1, 0.15) is 0 Å². The fraction of sp³-hybridized carbons (Fsp3) is 0.875. The van der Waals surface area contributed by atoms with Crippen LogP contribution in [0.15, 0.2) is 0 Å². The summed E-state index contributed by atoms with van der Waals surface area (Å²) in [6.45, 7) is 7.83. The molecule has 0 bridgehead atoms.